The molecule has 1 heterocycles. The first-order chi connectivity index (χ1) is 15.8. The van der Waals surface area contributed by atoms with Gasteiger partial charge >= 0.3 is 6.16 Å². The summed E-state index contributed by atoms with van der Waals surface area (Å²) in [6.07, 6.45) is 9.49. The maximum Gasteiger partial charge on any atom is 0.506 e. The lowest BCUT2D eigenvalue weighted by atomic mass is 10.2. The second kappa shape index (κ2) is 15.0. The standard InChI is InChI=1S/C10H12O.C4H5NO2.C4H6O3.C3H5Br.C3H6O/c1-2-4-9(5-3-1)8-11-10-6-7-10;6-3-1-2-4(7)5-3;5-4(6)7-3-1-2-3;2*4-3-1-2-3/h1-5,10H,6-8H2;1-2H2,(H,5,6,7);3H,1-2H2,(H,5,6);3H,1-2H2;3-4H,1-2H2. The zero-order valence-corrected chi connectivity index (χ0v) is 20.4. The first-order valence-electron chi connectivity index (χ1n) is 11.5. The summed E-state index contributed by atoms with van der Waals surface area (Å²) in [4.78, 5) is 30.8. The molecule has 0 spiro atoms. The Labute approximate surface area is 203 Å². The quantitative estimate of drug-likeness (QED) is 0.302. The Morgan fingerprint density at radius 2 is 1.39 bits per heavy atom. The number of rotatable bonds is 4. The summed E-state index contributed by atoms with van der Waals surface area (Å²) in [5, 5.41) is 18.2. The van der Waals surface area contributed by atoms with E-state index in [4.69, 9.17) is 14.9 Å². The van der Waals surface area contributed by atoms with Crippen LogP contribution in [0.1, 0.15) is 69.8 Å². The number of alkyl halides is 1. The van der Waals surface area contributed by atoms with Gasteiger partial charge in [0.05, 0.1) is 18.8 Å². The van der Waals surface area contributed by atoms with Crippen molar-refractivity contribution < 1.29 is 34.1 Å². The van der Waals surface area contributed by atoms with Crippen LogP contribution >= 0.6 is 15.9 Å². The van der Waals surface area contributed by atoms with Crippen molar-refractivity contribution in [2.45, 2.75) is 94.0 Å². The van der Waals surface area contributed by atoms with Gasteiger partial charge in [0.1, 0.15) is 6.10 Å². The van der Waals surface area contributed by atoms with Gasteiger partial charge in [-0.2, -0.15) is 0 Å². The highest BCUT2D eigenvalue weighted by Gasteiger charge is 2.25. The van der Waals surface area contributed by atoms with Crippen molar-refractivity contribution in [3.63, 3.8) is 0 Å². The number of benzene rings is 1. The zero-order valence-electron chi connectivity index (χ0n) is 18.8. The molecule has 8 nitrogen and oxygen atoms in total. The van der Waals surface area contributed by atoms with Gasteiger partial charge in [-0.15, -0.1) is 0 Å². The van der Waals surface area contributed by atoms with Gasteiger partial charge < -0.3 is 19.7 Å². The molecule has 2 amide bonds. The van der Waals surface area contributed by atoms with Crippen LogP contribution < -0.4 is 5.32 Å². The van der Waals surface area contributed by atoms with Crippen molar-refractivity contribution in [3.05, 3.63) is 35.9 Å². The van der Waals surface area contributed by atoms with Crippen LogP contribution in [0.4, 0.5) is 4.79 Å². The fraction of sp³-hybridized carbons (Fsp3) is 0.625. The van der Waals surface area contributed by atoms with Gasteiger partial charge in [0.15, 0.2) is 0 Å². The third kappa shape index (κ3) is 18.2. The van der Waals surface area contributed by atoms with Gasteiger partial charge in [-0.25, -0.2) is 4.79 Å². The van der Waals surface area contributed by atoms with Crippen molar-refractivity contribution >= 4 is 33.9 Å². The van der Waals surface area contributed by atoms with Crippen LogP contribution in [-0.4, -0.2) is 51.3 Å². The normalized spacial score (nSPS) is 20.2. The molecule has 0 aromatic heterocycles. The van der Waals surface area contributed by atoms with E-state index in [0.717, 1.165) is 37.1 Å². The second-order valence-corrected chi connectivity index (χ2v) is 9.75. The summed E-state index contributed by atoms with van der Waals surface area (Å²) in [5.41, 5.74) is 1.28. The Morgan fingerprint density at radius 1 is 0.909 bits per heavy atom. The van der Waals surface area contributed by atoms with Crippen molar-refractivity contribution in [3.8, 4) is 0 Å². The molecule has 0 bridgehead atoms. The van der Waals surface area contributed by atoms with Crippen LogP contribution in [0.3, 0.4) is 0 Å². The van der Waals surface area contributed by atoms with Crippen LogP contribution in [0.5, 0.6) is 0 Å². The van der Waals surface area contributed by atoms with Crippen LogP contribution in [0.15, 0.2) is 30.3 Å². The van der Waals surface area contributed by atoms with Crippen molar-refractivity contribution in [1.29, 1.82) is 0 Å². The number of halogens is 1. The molecule has 9 heteroatoms. The lowest BCUT2D eigenvalue weighted by Gasteiger charge is -2.00. The topological polar surface area (TPSA) is 122 Å². The van der Waals surface area contributed by atoms with Gasteiger partial charge in [0.25, 0.3) is 0 Å². The number of carboxylic acid groups (broad SMARTS) is 1. The monoisotopic (exact) mass is 527 g/mol. The van der Waals surface area contributed by atoms with Crippen LogP contribution in [0.25, 0.3) is 0 Å². The van der Waals surface area contributed by atoms with Crippen molar-refractivity contribution in [2.24, 2.45) is 0 Å². The predicted octanol–water partition coefficient (Wildman–Crippen LogP) is 4.32. The van der Waals surface area contributed by atoms with E-state index in [0.29, 0.717) is 18.9 Å². The molecule has 5 fully saturated rings. The van der Waals surface area contributed by atoms with Crippen molar-refractivity contribution in [2.75, 3.05) is 0 Å². The van der Waals surface area contributed by atoms with E-state index in [1.54, 1.807) is 0 Å². The highest BCUT2D eigenvalue weighted by molar-refractivity contribution is 9.09. The molecule has 0 unspecified atom stereocenters. The van der Waals surface area contributed by atoms with E-state index in [2.05, 4.69) is 38.1 Å². The summed E-state index contributed by atoms with van der Waals surface area (Å²) in [6.45, 7) is 0.783. The first-order valence-corrected chi connectivity index (χ1v) is 12.4. The summed E-state index contributed by atoms with van der Waals surface area (Å²) < 4.78 is 9.82. The van der Waals surface area contributed by atoms with Crippen LogP contribution in [0, 0.1) is 0 Å². The fourth-order valence-corrected chi connectivity index (χ4v) is 2.26. The molecule has 0 radical (unpaired) electrons. The molecule has 0 atom stereocenters. The Hall–Kier alpha value is -1.97. The maximum atomic E-state index is 10.1. The highest BCUT2D eigenvalue weighted by Crippen LogP contribution is 2.27. The molecule has 5 aliphatic rings. The van der Waals surface area contributed by atoms with Gasteiger partial charge in [0.2, 0.25) is 11.8 Å². The Bertz CT molecular complexity index is 706. The fourth-order valence-electron chi connectivity index (χ4n) is 2.00. The number of imide groups is 1. The minimum atomic E-state index is -1.15. The molecule has 1 aromatic rings. The molecule has 6 rings (SSSR count). The molecule has 4 aliphatic carbocycles. The molecule has 1 saturated heterocycles. The van der Waals surface area contributed by atoms with E-state index in [1.165, 1.54) is 31.2 Å². The van der Waals surface area contributed by atoms with Gasteiger partial charge in [0, 0.05) is 17.7 Å². The van der Waals surface area contributed by atoms with Crippen molar-refractivity contribution in [1.82, 2.24) is 5.32 Å². The van der Waals surface area contributed by atoms with E-state index in [1.807, 2.05) is 18.2 Å². The molecule has 184 valence electrons. The SMILES string of the molecule is BrC1CC1.O=C(O)OC1CC1.O=C1CCC(=O)N1.OC1CC1.c1ccc(COC2CC2)cc1. The van der Waals surface area contributed by atoms with E-state index >= 15 is 0 Å². The van der Waals surface area contributed by atoms with E-state index in [9.17, 15) is 14.4 Å². The number of ether oxygens (including phenoxy) is 2. The third-order valence-corrected chi connectivity index (χ3v) is 5.47. The third-order valence-electron chi connectivity index (χ3n) is 4.56. The Kier molecular flexibility index (Phi) is 12.4. The van der Waals surface area contributed by atoms with E-state index < -0.39 is 6.16 Å². The average molecular weight is 528 g/mol. The van der Waals surface area contributed by atoms with Gasteiger partial charge in [-0.3, -0.25) is 14.9 Å². The molecule has 1 aromatic carbocycles. The molecule has 3 N–H and O–H groups in total. The summed E-state index contributed by atoms with van der Waals surface area (Å²) in [6, 6.07) is 10.3. The van der Waals surface area contributed by atoms with Gasteiger partial charge in [-0.05, 0) is 56.9 Å². The molecule has 4 saturated carbocycles. The Balaban J connectivity index is 0.000000154. The maximum absolute atomic E-state index is 10.1. The molecule has 33 heavy (non-hydrogen) atoms. The minimum absolute atomic E-state index is 0.0255. The molecular formula is C24H34BrNO7. The van der Waals surface area contributed by atoms with Gasteiger partial charge in [-0.1, -0.05) is 46.3 Å². The molecule has 1 aliphatic heterocycles. The number of carbonyl (C=O) groups is 3. The number of carbonyl (C=O) groups excluding carboxylic acids is 2. The van der Waals surface area contributed by atoms with E-state index in [-0.39, 0.29) is 24.0 Å². The number of nitrogens with one attached hydrogen (secondary N) is 1. The zero-order chi connectivity index (χ0) is 24.1. The smallest absolute Gasteiger partial charge is 0.450 e. The lowest BCUT2D eigenvalue weighted by Crippen LogP contribution is -2.18. The number of hydrogen-bond acceptors (Lipinski definition) is 6. The average Bonchev–Trinajstić information content (AvgIpc) is 3.56. The number of aliphatic hydroxyl groups is 1. The number of hydrogen-bond donors (Lipinski definition) is 3. The minimum Gasteiger partial charge on any atom is -0.450 e. The van der Waals surface area contributed by atoms with Crippen LogP contribution in [0.2, 0.25) is 0 Å². The number of amides is 2. The summed E-state index contributed by atoms with van der Waals surface area (Å²) >= 11 is 3.38. The summed E-state index contributed by atoms with van der Waals surface area (Å²) in [7, 11) is 0. The van der Waals surface area contributed by atoms with Crippen LogP contribution in [-0.2, 0) is 25.7 Å². The number of aliphatic hydroxyl groups excluding tert-OH is 1. The predicted molar refractivity (Wildman–Crippen MR) is 126 cm³/mol. The Morgan fingerprint density at radius 3 is 1.67 bits per heavy atom. The molecular weight excluding hydrogens is 494 g/mol. The summed E-state index contributed by atoms with van der Waals surface area (Å²) in [5.74, 6) is -0.296. The lowest BCUT2D eigenvalue weighted by molar-refractivity contribution is -0.124. The highest BCUT2D eigenvalue weighted by atomic mass is 79.9. The second-order valence-electron chi connectivity index (χ2n) is 8.46. The first kappa shape index (κ1) is 27.3. The largest absolute Gasteiger partial charge is 0.506 e.